The second-order valence-electron chi connectivity index (χ2n) is 3.94. The highest BCUT2D eigenvalue weighted by atomic mass is 32.1. The summed E-state index contributed by atoms with van der Waals surface area (Å²) in [5.41, 5.74) is 0. The number of nitrogens with one attached hydrogen (secondary N) is 1. The van der Waals surface area contributed by atoms with Crippen LogP contribution in [0.3, 0.4) is 0 Å². The summed E-state index contributed by atoms with van der Waals surface area (Å²) in [7, 11) is 0. The molecule has 4 heteroatoms. The van der Waals surface area contributed by atoms with Gasteiger partial charge in [-0.15, -0.1) is 11.3 Å². The van der Waals surface area contributed by atoms with E-state index in [0.717, 1.165) is 26.2 Å². The fourth-order valence-electron chi connectivity index (χ4n) is 1.85. The Kier molecular flexibility index (Phi) is 3.15. The molecule has 0 saturated carbocycles. The fraction of sp³-hybridized carbons (Fsp3) is 0.700. The van der Waals surface area contributed by atoms with Gasteiger partial charge in [-0.2, -0.15) is 0 Å². The molecule has 0 bridgehead atoms. The van der Waals surface area contributed by atoms with Gasteiger partial charge < -0.3 is 5.32 Å². The molecule has 0 aromatic carbocycles. The topological polar surface area (TPSA) is 28.2 Å². The summed E-state index contributed by atoms with van der Waals surface area (Å²) in [5, 5.41) is 4.62. The molecule has 1 saturated heterocycles. The Balaban J connectivity index is 1.90. The Morgan fingerprint density at radius 3 is 3.21 bits per heavy atom. The molecule has 14 heavy (non-hydrogen) atoms. The van der Waals surface area contributed by atoms with Crippen LogP contribution in [0.4, 0.5) is 0 Å². The van der Waals surface area contributed by atoms with Gasteiger partial charge in [-0.1, -0.05) is 0 Å². The third-order valence-corrected chi connectivity index (χ3v) is 3.40. The van der Waals surface area contributed by atoms with Crippen LogP contribution in [-0.2, 0) is 6.54 Å². The highest BCUT2D eigenvalue weighted by Crippen LogP contribution is 2.14. The SMILES string of the molecule is Cc1ncc(CN2CCN[C@@H](C)C2)s1. The van der Waals surface area contributed by atoms with Crippen molar-refractivity contribution in [3.63, 3.8) is 0 Å². The molecule has 1 aliphatic heterocycles. The molecular weight excluding hydrogens is 194 g/mol. The minimum atomic E-state index is 0.623. The van der Waals surface area contributed by atoms with E-state index in [-0.39, 0.29) is 0 Å². The van der Waals surface area contributed by atoms with Crippen molar-refractivity contribution in [2.75, 3.05) is 19.6 Å². The molecule has 0 unspecified atom stereocenters. The van der Waals surface area contributed by atoms with Crippen LogP contribution >= 0.6 is 11.3 Å². The van der Waals surface area contributed by atoms with E-state index in [4.69, 9.17) is 0 Å². The summed E-state index contributed by atoms with van der Waals surface area (Å²) in [5.74, 6) is 0. The van der Waals surface area contributed by atoms with Crippen LogP contribution < -0.4 is 5.32 Å². The third kappa shape index (κ3) is 2.53. The number of piperazine rings is 1. The van der Waals surface area contributed by atoms with Crippen LogP contribution in [-0.4, -0.2) is 35.6 Å². The Labute approximate surface area is 89.1 Å². The first kappa shape index (κ1) is 10.1. The monoisotopic (exact) mass is 211 g/mol. The van der Waals surface area contributed by atoms with Gasteiger partial charge in [0.2, 0.25) is 0 Å². The van der Waals surface area contributed by atoms with Gasteiger partial charge in [0.1, 0.15) is 0 Å². The lowest BCUT2D eigenvalue weighted by Crippen LogP contribution is -2.48. The van der Waals surface area contributed by atoms with E-state index in [9.17, 15) is 0 Å². The number of nitrogens with zero attached hydrogens (tertiary/aromatic N) is 2. The van der Waals surface area contributed by atoms with Crippen molar-refractivity contribution in [2.45, 2.75) is 26.4 Å². The summed E-state index contributed by atoms with van der Waals surface area (Å²) in [6.07, 6.45) is 2.01. The van der Waals surface area contributed by atoms with Gasteiger partial charge in [0.25, 0.3) is 0 Å². The molecule has 1 fully saturated rings. The lowest BCUT2D eigenvalue weighted by molar-refractivity contribution is 0.201. The maximum atomic E-state index is 4.28. The van der Waals surface area contributed by atoms with Gasteiger partial charge in [-0.3, -0.25) is 4.90 Å². The predicted octanol–water partition coefficient (Wildman–Crippen LogP) is 1.25. The number of thiazole rings is 1. The van der Waals surface area contributed by atoms with Gasteiger partial charge in [0.05, 0.1) is 5.01 Å². The van der Waals surface area contributed by atoms with E-state index < -0.39 is 0 Å². The molecule has 1 aromatic rings. The number of hydrogen-bond donors (Lipinski definition) is 1. The molecule has 0 spiro atoms. The molecule has 1 aromatic heterocycles. The molecule has 0 radical (unpaired) electrons. The zero-order valence-electron chi connectivity index (χ0n) is 8.79. The minimum Gasteiger partial charge on any atom is -0.312 e. The smallest absolute Gasteiger partial charge is 0.0897 e. The highest BCUT2D eigenvalue weighted by molar-refractivity contribution is 7.11. The maximum Gasteiger partial charge on any atom is 0.0897 e. The molecule has 2 heterocycles. The van der Waals surface area contributed by atoms with Crippen LogP contribution in [0.5, 0.6) is 0 Å². The fourth-order valence-corrected chi connectivity index (χ4v) is 2.69. The van der Waals surface area contributed by atoms with Crippen molar-refractivity contribution >= 4 is 11.3 Å². The van der Waals surface area contributed by atoms with Crippen molar-refractivity contribution in [1.29, 1.82) is 0 Å². The highest BCUT2D eigenvalue weighted by Gasteiger charge is 2.15. The lowest BCUT2D eigenvalue weighted by Gasteiger charge is -2.31. The van der Waals surface area contributed by atoms with E-state index in [1.807, 2.05) is 17.5 Å². The first-order chi connectivity index (χ1) is 6.74. The van der Waals surface area contributed by atoms with Crippen molar-refractivity contribution < 1.29 is 0 Å². The van der Waals surface area contributed by atoms with E-state index in [1.54, 1.807) is 0 Å². The predicted molar refractivity (Wildman–Crippen MR) is 59.6 cm³/mol. The molecule has 1 atom stereocenters. The summed E-state index contributed by atoms with van der Waals surface area (Å²) >= 11 is 1.81. The molecule has 0 amide bonds. The van der Waals surface area contributed by atoms with E-state index in [0.29, 0.717) is 6.04 Å². The molecular formula is C10H17N3S. The number of aromatic nitrogens is 1. The average Bonchev–Trinajstić information content (AvgIpc) is 2.51. The molecule has 1 aliphatic rings. The quantitative estimate of drug-likeness (QED) is 0.798. The van der Waals surface area contributed by atoms with E-state index >= 15 is 0 Å². The van der Waals surface area contributed by atoms with E-state index in [2.05, 4.69) is 29.0 Å². The second kappa shape index (κ2) is 4.38. The number of aryl methyl sites for hydroxylation is 1. The van der Waals surface area contributed by atoms with Crippen LogP contribution in [0.1, 0.15) is 16.8 Å². The summed E-state index contributed by atoms with van der Waals surface area (Å²) in [6.45, 7) is 8.79. The Hall–Kier alpha value is -0.450. The zero-order chi connectivity index (χ0) is 9.97. The van der Waals surface area contributed by atoms with Gasteiger partial charge in [0, 0.05) is 43.3 Å². The van der Waals surface area contributed by atoms with Gasteiger partial charge >= 0.3 is 0 Å². The Bertz CT molecular complexity index is 297. The summed E-state index contributed by atoms with van der Waals surface area (Å²) < 4.78 is 0. The zero-order valence-corrected chi connectivity index (χ0v) is 9.60. The van der Waals surface area contributed by atoms with Crippen LogP contribution in [0.15, 0.2) is 6.20 Å². The first-order valence-electron chi connectivity index (χ1n) is 5.11. The number of hydrogen-bond acceptors (Lipinski definition) is 4. The minimum absolute atomic E-state index is 0.623. The lowest BCUT2D eigenvalue weighted by atomic mass is 10.2. The molecule has 78 valence electrons. The van der Waals surface area contributed by atoms with Crippen molar-refractivity contribution in [3.8, 4) is 0 Å². The molecule has 1 N–H and O–H groups in total. The normalized spacial score (nSPS) is 24.0. The average molecular weight is 211 g/mol. The molecule has 0 aliphatic carbocycles. The van der Waals surface area contributed by atoms with Crippen LogP contribution in [0, 0.1) is 6.92 Å². The van der Waals surface area contributed by atoms with Crippen molar-refractivity contribution in [3.05, 3.63) is 16.1 Å². The summed E-state index contributed by atoms with van der Waals surface area (Å²) in [6, 6.07) is 0.623. The van der Waals surface area contributed by atoms with Gasteiger partial charge in [-0.25, -0.2) is 4.98 Å². The van der Waals surface area contributed by atoms with E-state index in [1.165, 1.54) is 9.88 Å². The van der Waals surface area contributed by atoms with Gasteiger partial charge in [0.15, 0.2) is 0 Å². The van der Waals surface area contributed by atoms with Crippen LogP contribution in [0.2, 0.25) is 0 Å². The van der Waals surface area contributed by atoms with Crippen LogP contribution in [0.25, 0.3) is 0 Å². The van der Waals surface area contributed by atoms with Gasteiger partial charge in [-0.05, 0) is 13.8 Å². The Morgan fingerprint density at radius 2 is 2.57 bits per heavy atom. The largest absolute Gasteiger partial charge is 0.312 e. The first-order valence-corrected chi connectivity index (χ1v) is 5.93. The molecule has 2 rings (SSSR count). The summed E-state index contributed by atoms with van der Waals surface area (Å²) in [4.78, 5) is 8.16. The maximum absolute atomic E-state index is 4.28. The molecule has 3 nitrogen and oxygen atoms in total. The second-order valence-corrected chi connectivity index (χ2v) is 5.26. The standard InChI is InChI=1S/C10H17N3S/c1-8-6-13(4-3-11-8)7-10-5-12-9(2)14-10/h5,8,11H,3-4,6-7H2,1-2H3/t8-/m0/s1. The Morgan fingerprint density at radius 1 is 1.71 bits per heavy atom. The van der Waals surface area contributed by atoms with Crippen molar-refractivity contribution in [2.24, 2.45) is 0 Å². The number of rotatable bonds is 2. The third-order valence-electron chi connectivity index (χ3n) is 2.50. The van der Waals surface area contributed by atoms with Crippen molar-refractivity contribution in [1.82, 2.24) is 15.2 Å².